The van der Waals surface area contributed by atoms with Crippen LogP contribution < -0.4 is 0 Å². The average Bonchev–Trinajstić information content (AvgIpc) is 3.37. The summed E-state index contributed by atoms with van der Waals surface area (Å²) in [7, 11) is 0. The third-order valence-electron chi connectivity index (χ3n) is 6.35. The standard InChI is InChI=1S/C28H23BrN2O3/c1-17-6-8-19(9-7-17)26(32)24-25(18-10-12-21(29)13-11-18)31(28(34)27(24)33)15-14-20-16-30-23-5-3-2-4-22(20)23/h2-13,16,25,30,32H,14-15H2,1H3/t25-/m1/s1. The maximum Gasteiger partial charge on any atom is 0.295 e. The second-order valence-corrected chi connectivity index (χ2v) is 9.44. The Labute approximate surface area is 205 Å². The number of amides is 1. The number of para-hydroxylation sites is 1. The highest BCUT2D eigenvalue weighted by atomic mass is 79.9. The Balaban J connectivity index is 1.56. The van der Waals surface area contributed by atoms with Gasteiger partial charge in [0.2, 0.25) is 0 Å². The van der Waals surface area contributed by atoms with Gasteiger partial charge >= 0.3 is 0 Å². The van der Waals surface area contributed by atoms with E-state index in [1.807, 2.05) is 73.8 Å². The quantitative estimate of drug-likeness (QED) is 0.197. The van der Waals surface area contributed by atoms with Gasteiger partial charge in [-0.05, 0) is 42.7 Å². The zero-order valence-electron chi connectivity index (χ0n) is 18.6. The SMILES string of the molecule is Cc1ccc(C(O)=C2C(=O)C(=O)N(CCc3c[nH]c4ccccc34)[C@@H]2c2ccc(Br)cc2)cc1. The first-order valence-electron chi connectivity index (χ1n) is 11.1. The third-order valence-corrected chi connectivity index (χ3v) is 6.88. The van der Waals surface area contributed by atoms with Crippen molar-refractivity contribution in [1.82, 2.24) is 9.88 Å². The minimum Gasteiger partial charge on any atom is -0.507 e. The Morgan fingerprint density at radius 2 is 1.71 bits per heavy atom. The van der Waals surface area contributed by atoms with Crippen molar-refractivity contribution >= 4 is 44.3 Å². The molecule has 170 valence electrons. The average molecular weight is 515 g/mol. The van der Waals surface area contributed by atoms with E-state index in [0.717, 1.165) is 32.1 Å². The number of fused-ring (bicyclic) bond motifs is 1. The fourth-order valence-corrected chi connectivity index (χ4v) is 4.81. The molecule has 0 unspecified atom stereocenters. The number of aryl methyl sites for hydroxylation is 1. The van der Waals surface area contributed by atoms with Crippen molar-refractivity contribution < 1.29 is 14.7 Å². The van der Waals surface area contributed by atoms with Crippen molar-refractivity contribution in [1.29, 1.82) is 0 Å². The van der Waals surface area contributed by atoms with Crippen LogP contribution in [0.15, 0.2) is 89.0 Å². The number of halogens is 1. The fraction of sp³-hybridized carbons (Fsp3) is 0.143. The normalized spacial score (nSPS) is 17.6. The van der Waals surface area contributed by atoms with E-state index >= 15 is 0 Å². The van der Waals surface area contributed by atoms with Crippen LogP contribution in [0.4, 0.5) is 0 Å². The number of aromatic nitrogens is 1. The van der Waals surface area contributed by atoms with E-state index in [-0.39, 0.29) is 11.3 Å². The van der Waals surface area contributed by atoms with Crippen LogP contribution in [0.25, 0.3) is 16.7 Å². The van der Waals surface area contributed by atoms with E-state index in [4.69, 9.17) is 0 Å². The second-order valence-electron chi connectivity index (χ2n) is 8.52. The molecule has 4 aromatic rings. The van der Waals surface area contributed by atoms with Gasteiger partial charge in [-0.3, -0.25) is 9.59 Å². The Kier molecular flexibility index (Phi) is 5.84. The number of aliphatic hydroxyl groups is 1. The molecule has 1 aliphatic heterocycles. The van der Waals surface area contributed by atoms with E-state index in [1.165, 1.54) is 0 Å². The zero-order chi connectivity index (χ0) is 23.8. The molecule has 3 aromatic carbocycles. The van der Waals surface area contributed by atoms with Gasteiger partial charge in [0.1, 0.15) is 5.76 Å². The number of carbonyl (C=O) groups is 2. The minimum absolute atomic E-state index is 0.120. The molecule has 2 heterocycles. The van der Waals surface area contributed by atoms with Crippen LogP contribution in [0.5, 0.6) is 0 Å². The number of likely N-dealkylation sites (tertiary alicyclic amines) is 1. The predicted molar refractivity (Wildman–Crippen MR) is 136 cm³/mol. The molecule has 0 spiro atoms. The van der Waals surface area contributed by atoms with E-state index in [9.17, 15) is 14.7 Å². The summed E-state index contributed by atoms with van der Waals surface area (Å²) in [6.07, 6.45) is 2.52. The number of rotatable bonds is 5. The molecule has 0 bridgehead atoms. The third kappa shape index (κ3) is 3.94. The maximum absolute atomic E-state index is 13.2. The van der Waals surface area contributed by atoms with E-state index in [0.29, 0.717) is 18.5 Å². The van der Waals surface area contributed by atoms with Crippen LogP contribution in [-0.4, -0.2) is 33.2 Å². The molecule has 6 heteroatoms. The van der Waals surface area contributed by atoms with Gasteiger partial charge in [-0.1, -0.05) is 76.1 Å². The van der Waals surface area contributed by atoms with Gasteiger partial charge in [0.15, 0.2) is 0 Å². The molecule has 0 saturated carbocycles. The number of ketones is 1. The highest BCUT2D eigenvalue weighted by Crippen LogP contribution is 2.40. The maximum atomic E-state index is 13.2. The number of Topliss-reactive ketones (excluding diaryl/α,β-unsaturated/α-hetero) is 1. The molecule has 1 fully saturated rings. The van der Waals surface area contributed by atoms with Gasteiger partial charge in [0, 0.05) is 33.7 Å². The van der Waals surface area contributed by atoms with Crippen molar-refractivity contribution in [2.45, 2.75) is 19.4 Å². The van der Waals surface area contributed by atoms with Crippen molar-refractivity contribution in [3.63, 3.8) is 0 Å². The van der Waals surface area contributed by atoms with Gasteiger partial charge in [-0.2, -0.15) is 0 Å². The molecule has 1 aromatic heterocycles. The molecule has 34 heavy (non-hydrogen) atoms. The summed E-state index contributed by atoms with van der Waals surface area (Å²) in [5, 5.41) is 12.3. The van der Waals surface area contributed by atoms with Crippen molar-refractivity contribution in [3.8, 4) is 0 Å². The molecular weight excluding hydrogens is 492 g/mol. The number of aliphatic hydroxyl groups excluding tert-OH is 1. The summed E-state index contributed by atoms with van der Waals surface area (Å²) >= 11 is 3.45. The number of nitrogens with one attached hydrogen (secondary N) is 1. The number of hydrogen-bond donors (Lipinski definition) is 2. The van der Waals surface area contributed by atoms with Crippen LogP contribution in [0, 0.1) is 6.92 Å². The molecule has 1 aliphatic rings. The van der Waals surface area contributed by atoms with Gasteiger partial charge in [0.05, 0.1) is 11.6 Å². The lowest BCUT2D eigenvalue weighted by Gasteiger charge is -2.25. The largest absolute Gasteiger partial charge is 0.507 e. The molecule has 1 saturated heterocycles. The highest BCUT2D eigenvalue weighted by molar-refractivity contribution is 9.10. The van der Waals surface area contributed by atoms with Gasteiger partial charge < -0.3 is 15.0 Å². The summed E-state index contributed by atoms with van der Waals surface area (Å²) in [5.74, 6) is -1.41. The monoisotopic (exact) mass is 514 g/mol. The van der Waals surface area contributed by atoms with Crippen molar-refractivity contribution in [2.75, 3.05) is 6.54 Å². The summed E-state index contributed by atoms with van der Waals surface area (Å²) < 4.78 is 0.894. The molecule has 1 amide bonds. The minimum atomic E-state index is -0.667. The van der Waals surface area contributed by atoms with Crippen molar-refractivity contribution in [2.24, 2.45) is 0 Å². The summed E-state index contributed by atoms with van der Waals surface area (Å²) in [6, 6.07) is 22.1. The van der Waals surface area contributed by atoms with Gasteiger partial charge in [-0.25, -0.2) is 0 Å². The smallest absolute Gasteiger partial charge is 0.295 e. The lowest BCUT2D eigenvalue weighted by molar-refractivity contribution is -0.139. The van der Waals surface area contributed by atoms with Crippen LogP contribution in [0.1, 0.15) is 28.3 Å². The Bertz CT molecular complexity index is 1420. The number of aromatic amines is 1. The lowest BCUT2D eigenvalue weighted by atomic mass is 9.95. The fourth-order valence-electron chi connectivity index (χ4n) is 4.55. The van der Waals surface area contributed by atoms with Crippen LogP contribution in [-0.2, 0) is 16.0 Å². The summed E-state index contributed by atoms with van der Waals surface area (Å²) in [5.41, 5.74) is 4.56. The first-order valence-corrected chi connectivity index (χ1v) is 11.9. The predicted octanol–water partition coefficient (Wildman–Crippen LogP) is 5.90. The number of nitrogens with zero attached hydrogens (tertiary/aromatic N) is 1. The van der Waals surface area contributed by atoms with Gasteiger partial charge in [-0.15, -0.1) is 0 Å². The first-order chi connectivity index (χ1) is 16.4. The van der Waals surface area contributed by atoms with Gasteiger partial charge in [0.25, 0.3) is 11.7 Å². The molecule has 1 atom stereocenters. The molecule has 5 rings (SSSR count). The highest BCUT2D eigenvalue weighted by Gasteiger charge is 2.45. The number of benzene rings is 3. The molecular formula is C28H23BrN2O3. The number of hydrogen-bond acceptors (Lipinski definition) is 3. The Hall–Kier alpha value is -3.64. The lowest BCUT2D eigenvalue weighted by Crippen LogP contribution is -2.31. The van der Waals surface area contributed by atoms with Crippen LogP contribution in [0.2, 0.25) is 0 Å². The zero-order valence-corrected chi connectivity index (χ0v) is 20.2. The van der Waals surface area contributed by atoms with E-state index < -0.39 is 17.7 Å². The summed E-state index contributed by atoms with van der Waals surface area (Å²) in [6.45, 7) is 2.30. The summed E-state index contributed by atoms with van der Waals surface area (Å²) in [4.78, 5) is 31.2. The van der Waals surface area contributed by atoms with E-state index in [2.05, 4.69) is 20.9 Å². The van der Waals surface area contributed by atoms with Crippen molar-refractivity contribution in [3.05, 3.63) is 111 Å². The topological polar surface area (TPSA) is 73.4 Å². The first kappa shape index (κ1) is 22.2. The van der Waals surface area contributed by atoms with Crippen LogP contribution in [0.3, 0.4) is 0 Å². The molecule has 5 nitrogen and oxygen atoms in total. The van der Waals surface area contributed by atoms with E-state index in [1.54, 1.807) is 17.0 Å². The number of carbonyl (C=O) groups excluding carboxylic acids is 2. The molecule has 0 radical (unpaired) electrons. The second kappa shape index (κ2) is 8.95. The molecule has 0 aliphatic carbocycles. The number of H-pyrrole nitrogens is 1. The van der Waals surface area contributed by atoms with Crippen LogP contribution >= 0.6 is 15.9 Å². The Morgan fingerprint density at radius 3 is 2.44 bits per heavy atom. The Morgan fingerprint density at radius 1 is 1.00 bits per heavy atom. The molecule has 2 N–H and O–H groups in total.